The number of rotatable bonds is 5. The number of aromatic nitrogens is 4. The number of carbonyl (C=O) groups excluding carboxylic acids is 1. The monoisotopic (exact) mass is 369 g/mol. The van der Waals surface area contributed by atoms with Crippen molar-refractivity contribution in [1.82, 2.24) is 20.2 Å². The minimum Gasteiger partial charge on any atom is -0.304 e. The molecule has 1 heterocycles. The van der Waals surface area contributed by atoms with E-state index in [0.717, 1.165) is 16.8 Å². The van der Waals surface area contributed by atoms with Crippen molar-refractivity contribution in [2.45, 2.75) is 6.54 Å². The minimum atomic E-state index is -0.0768. The minimum absolute atomic E-state index is 0.0768. The van der Waals surface area contributed by atoms with Crippen LogP contribution < -0.4 is 4.90 Å². The van der Waals surface area contributed by atoms with Crippen LogP contribution in [0.1, 0.15) is 15.9 Å². The zero-order valence-electron chi connectivity index (χ0n) is 15.4. The number of aryl methyl sites for hydroxylation is 1. The van der Waals surface area contributed by atoms with E-state index in [2.05, 4.69) is 15.5 Å². The second-order valence-electron chi connectivity index (χ2n) is 6.42. The Labute approximate surface area is 163 Å². The van der Waals surface area contributed by atoms with E-state index >= 15 is 0 Å². The molecule has 138 valence electrons. The van der Waals surface area contributed by atoms with E-state index < -0.39 is 0 Å². The summed E-state index contributed by atoms with van der Waals surface area (Å²) >= 11 is 0. The summed E-state index contributed by atoms with van der Waals surface area (Å²) in [6.07, 6.45) is 0. The van der Waals surface area contributed by atoms with E-state index in [9.17, 15) is 4.79 Å². The van der Waals surface area contributed by atoms with Crippen LogP contribution in [-0.2, 0) is 13.6 Å². The van der Waals surface area contributed by atoms with E-state index in [1.165, 1.54) is 0 Å². The highest BCUT2D eigenvalue weighted by atomic mass is 16.2. The molecule has 0 aliphatic carbocycles. The van der Waals surface area contributed by atoms with Gasteiger partial charge in [-0.1, -0.05) is 60.7 Å². The Morgan fingerprint density at radius 2 is 1.64 bits per heavy atom. The maximum atomic E-state index is 13.4. The van der Waals surface area contributed by atoms with Gasteiger partial charge >= 0.3 is 0 Å². The Hall–Kier alpha value is -3.80. The van der Waals surface area contributed by atoms with Crippen molar-refractivity contribution in [3.63, 3.8) is 0 Å². The largest absolute Gasteiger partial charge is 0.304 e. The molecular weight excluding hydrogens is 350 g/mol. The first-order valence-electron chi connectivity index (χ1n) is 8.96. The quantitative estimate of drug-likeness (QED) is 0.538. The van der Waals surface area contributed by atoms with Crippen molar-refractivity contribution in [1.29, 1.82) is 0 Å². The highest BCUT2D eigenvalue weighted by Crippen LogP contribution is 2.22. The molecule has 6 nitrogen and oxygen atoms in total. The summed E-state index contributed by atoms with van der Waals surface area (Å²) in [6, 6.07) is 27.0. The van der Waals surface area contributed by atoms with Crippen LogP contribution in [0, 0.1) is 0 Å². The molecule has 4 rings (SSSR count). The number of hydrogen-bond donors (Lipinski definition) is 0. The van der Waals surface area contributed by atoms with Crippen molar-refractivity contribution >= 4 is 11.6 Å². The molecule has 0 N–H and O–H groups in total. The third kappa shape index (κ3) is 3.66. The SMILES string of the molecule is Cn1nnnc1-c1cccc(C(=O)N(Cc2ccccc2)c2ccccc2)c1. The summed E-state index contributed by atoms with van der Waals surface area (Å²) in [7, 11) is 1.77. The summed E-state index contributed by atoms with van der Waals surface area (Å²) in [6.45, 7) is 0.486. The third-order valence-corrected chi connectivity index (χ3v) is 4.48. The van der Waals surface area contributed by atoms with E-state index in [4.69, 9.17) is 0 Å². The fourth-order valence-corrected chi connectivity index (χ4v) is 3.08. The van der Waals surface area contributed by atoms with Gasteiger partial charge in [-0.3, -0.25) is 4.79 Å². The van der Waals surface area contributed by atoms with Crippen LogP contribution in [0.4, 0.5) is 5.69 Å². The van der Waals surface area contributed by atoms with Crippen molar-refractivity contribution < 1.29 is 4.79 Å². The van der Waals surface area contributed by atoms with Gasteiger partial charge in [0.25, 0.3) is 5.91 Å². The smallest absolute Gasteiger partial charge is 0.258 e. The average molecular weight is 369 g/mol. The fourth-order valence-electron chi connectivity index (χ4n) is 3.08. The van der Waals surface area contributed by atoms with Crippen molar-refractivity contribution in [2.75, 3.05) is 4.90 Å². The number of para-hydroxylation sites is 1. The lowest BCUT2D eigenvalue weighted by atomic mass is 10.1. The molecule has 6 heteroatoms. The van der Waals surface area contributed by atoms with Crippen LogP contribution in [0.25, 0.3) is 11.4 Å². The molecule has 0 atom stereocenters. The Morgan fingerprint density at radius 3 is 2.32 bits per heavy atom. The number of anilines is 1. The molecule has 0 fully saturated rings. The number of hydrogen-bond acceptors (Lipinski definition) is 4. The second kappa shape index (κ2) is 7.84. The molecule has 3 aromatic carbocycles. The Kier molecular flexibility index (Phi) is 4.93. The summed E-state index contributed by atoms with van der Waals surface area (Å²) in [5, 5.41) is 11.6. The zero-order valence-corrected chi connectivity index (χ0v) is 15.4. The van der Waals surface area contributed by atoms with Gasteiger partial charge in [-0.25, -0.2) is 4.68 Å². The highest BCUT2D eigenvalue weighted by molar-refractivity contribution is 6.06. The van der Waals surface area contributed by atoms with Gasteiger partial charge in [-0.2, -0.15) is 0 Å². The lowest BCUT2D eigenvalue weighted by Crippen LogP contribution is -2.30. The normalized spacial score (nSPS) is 10.6. The molecule has 1 aromatic heterocycles. The molecule has 1 amide bonds. The number of carbonyl (C=O) groups is 1. The fraction of sp³-hybridized carbons (Fsp3) is 0.0909. The van der Waals surface area contributed by atoms with Crippen LogP contribution in [0.2, 0.25) is 0 Å². The van der Waals surface area contributed by atoms with Gasteiger partial charge in [0, 0.05) is 23.9 Å². The van der Waals surface area contributed by atoms with Crippen LogP contribution in [-0.4, -0.2) is 26.1 Å². The van der Waals surface area contributed by atoms with Crippen LogP contribution in [0.5, 0.6) is 0 Å². The second-order valence-corrected chi connectivity index (χ2v) is 6.42. The first kappa shape index (κ1) is 17.6. The number of tetrazole rings is 1. The predicted octanol–water partition coefficient (Wildman–Crippen LogP) is 3.72. The topological polar surface area (TPSA) is 63.9 Å². The molecule has 0 radical (unpaired) electrons. The molecule has 4 aromatic rings. The molecular formula is C22H19N5O. The van der Waals surface area contributed by atoms with Crippen molar-refractivity contribution in [3.8, 4) is 11.4 Å². The first-order valence-corrected chi connectivity index (χ1v) is 8.96. The summed E-state index contributed by atoms with van der Waals surface area (Å²) in [5.74, 6) is 0.538. The van der Waals surface area contributed by atoms with Crippen molar-refractivity contribution in [3.05, 3.63) is 96.1 Å². The Balaban J connectivity index is 1.70. The number of nitrogens with zero attached hydrogens (tertiary/aromatic N) is 5. The van der Waals surface area contributed by atoms with Crippen LogP contribution in [0.3, 0.4) is 0 Å². The van der Waals surface area contributed by atoms with Crippen molar-refractivity contribution in [2.24, 2.45) is 7.05 Å². The summed E-state index contributed by atoms with van der Waals surface area (Å²) in [4.78, 5) is 15.2. The molecule has 0 unspecified atom stereocenters. The predicted molar refractivity (Wildman–Crippen MR) is 108 cm³/mol. The molecule has 0 bridgehead atoms. The van der Waals surface area contributed by atoms with Gasteiger partial charge in [0.05, 0.1) is 6.54 Å². The molecule has 0 spiro atoms. The Morgan fingerprint density at radius 1 is 0.929 bits per heavy atom. The number of amides is 1. The maximum absolute atomic E-state index is 13.4. The Bertz CT molecular complexity index is 1080. The van der Waals surface area contributed by atoms with Crippen LogP contribution >= 0.6 is 0 Å². The molecule has 0 saturated heterocycles. The van der Waals surface area contributed by atoms with E-state index in [1.807, 2.05) is 84.9 Å². The zero-order chi connectivity index (χ0) is 19.3. The third-order valence-electron chi connectivity index (χ3n) is 4.48. The van der Waals surface area contributed by atoms with Gasteiger partial charge in [-0.05, 0) is 40.3 Å². The van der Waals surface area contributed by atoms with E-state index in [1.54, 1.807) is 16.6 Å². The van der Waals surface area contributed by atoms with E-state index in [-0.39, 0.29) is 5.91 Å². The standard InChI is InChI=1S/C22H19N5O/c1-26-21(23-24-25-26)18-11-8-12-19(15-18)22(28)27(20-13-6-3-7-14-20)16-17-9-4-2-5-10-17/h2-15H,16H2,1H3. The van der Waals surface area contributed by atoms with Crippen LogP contribution in [0.15, 0.2) is 84.9 Å². The molecule has 28 heavy (non-hydrogen) atoms. The van der Waals surface area contributed by atoms with Gasteiger partial charge in [-0.15, -0.1) is 5.10 Å². The van der Waals surface area contributed by atoms with Gasteiger partial charge < -0.3 is 4.90 Å². The average Bonchev–Trinajstić information content (AvgIpc) is 3.19. The lowest BCUT2D eigenvalue weighted by Gasteiger charge is -2.23. The van der Waals surface area contributed by atoms with Gasteiger partial charge in [0.15, 0.2) is 5.82 Å². The maximum Gasteiger partial charge on any atom is 0.258 e. The first-order chi connectivity index (χ1) is 13.7. The highest BCUT2D eigenvalue weighted by Gasteiger charge is 2.19. The summed E-state index contributed by atoms with van der Waals surface area (Å²) < 4.78 is 1.59. The molecule has 0 aliphatic heterocycles. The lowest BCUT2D eigenvalue weighted by molar-refractivity contribution is 0.0985. The van der Waals surface area contributed by atoms with Gasteiger partial charge in [0.1, 0.15) is 0 Å². The molecule has 0 saturated carbocycles. The molecule has 0 aliphatic rings. The number of benzene rings is 3. The van der Waals surface area contributed by atoms with E-state index in [0.29, 0.717) is 17.9 Å². The summed E-state index contributed by atoms with van der Waals surface area (Å²) in [5.41, 5.74) is 3.29. The van der Waals surface area contributed by atoms with Gasteiger partial charge in [0.2, 0.25) is 0 Å².